The number of nitriles is 1. The molecule has 5 heteroatoms. The summed E-state index contributed by atoms with van der Waals surface area (Å²) >= 11 is 0. The van der Waals surface area contributed by atoms with Crippen molar-refractivity contribution < 1.29 is 9.47 Å². The summed E-state index contributed by atoms with van der Waals surface area (Å²) in [4.78, 5) is 0. The van der Waals surface area contributed by atoms with Crippen molar-refractivity contribution in [3.05, 3.63) is 84.1 Å². The Morgan fingerprint density at radius 2 is 1.83 bits per heavy atom. The fourth-order valence-electron chi connectivity index (χ4n) is 3.56. The smallest absolute Gasteiger partial charge is 0.119 e. The van der Waals surface area contributed by atoms with E-state index in [0.29, 0.717) is 31.0 Å². The summed E-state index contributed by atoms with van der Waals surface area (Å²) in [6, 6.07) is 24.0. The van der Waals surface area contributed by atoms with Crippen molar-refractivity contribution in [2.75, 3.05) is 26.1 Å². The van der Waals surface area contributed by atoms with E-state index in [1.54, 1.807) is 7.11 Å². The molecule has 0 saturated heterocycles. The first-order valence-corrected chi connectivity index (χ1v) is 9.77. The van der Waals surface area contributed by atoms with Crippen LogP contribution in [0.1, 0.15) is 11.1 Å². The van der Waals surface area contributed by atoms with E-state index in [1.165, 1.54) is 0 Å². The fraction of sp³-hybridized carbons (Fsp3) is 0.160. The largest absolute Gasteiger partial charge is 0.491 e. The van der Waals surface area contributed by atoms with Crippen LogP contribution in [0.15, 0.2) is 72.9 Å². The molecule has 5 nitrogen and oxygen atoms in total. The van der Waals surface area contributed by atoms with Gasteiger partial charge in [-0.3, -0.25) is 0 Å². The molecule has 4 aromatic rings. The minimum absolute atomic E-state index is 0.531. The molecule has 0 atom stereocenters. The summed E-state index contributed by atoms with van der Waals surface area (Å²) in [5.41, 5.74) is 11.7. The summed E-state index contributed by atoms with van der Waals surface area (Å²) < 4.78 is 12.9. The Labute approximate surface area is 175 Å². The second kappa shape index (κ2) is 8.73. The van der Waals surface area contributed by atoms with Crippen LogP contribution in [0.4, 0.5) is 5.69 Å². The van der Waals surface area contributed by atoms with Crippen LogP contribution in [0.3, 0.4) is 0 Å². The molecule has 30 heavy (non-hydrogen) atoms. The number of fused-ring (bicyclic) bond motifs is 1. The summed E-state index contributed by atoms with van der Waals surface area (Å²) in [5, 5.41) is 10.4. The topological polar surface area (TPSA) is 73.2 Å². The molecule has 3 aromatic carbocycles. The number of nitrogens with zero attached hydrogens (tertiary/aromatic N) is 2. The molecule has 1 aromatic heterocycles. The Hall–Kier alpha value is -3.75. The maximum atomic E-state index is 9.35. The molecule has 0 saturated carbocycles. The number of hydrogen-bond donors (Lipinski definition) is 1. The number of anilines is 1. The highest BCUT2D eigenvalue weighted by atomic mass is 16.5. The molecule has 0 aliphatic heterocycles. The molecule has 0 aliphatic carbocycles. The van der Waals surface area contributed by atoms with E-state index in [-0.39, 0.29) is 0 Å². The van der Waals surface area contributed by atoms with Gasteiger partial charge in [-0.25, -0.2) is 0 Å². The van der Waals surface area contributed by atoms with E-state index in [0.717, 1.165) is 33.3 Å². The molecule has 150 valence electrons. The van der Waals surface area contributed by atoms with Gasteiger partial charge in [0.2, 0.25) is 0 Å². The van der Waals surface area contributed by atoms with Crippen LogP contribution in [-0.2, 0) is 11.3 Å². The monoisotopic (exact) mass is 397 g/mol. The van der Waals surface area contributed by atoms with Crippen LogP contribution in [0.5, 0.6) is 5.75 Å². The second-order valence-corrected chi connectivity index (χ2v) is 7.13. The summed E-state index contributed by atoms with van der Waals surface area (Å²) in [6.45, 7) is 1.81. The Morgan fingerprint density at radius 1 is 1.00 bits per heavy atom. The van der Waals surface area contributed by atoms with Gasteiger partial charge in [-0.05, 0) is 53.6 Å². The van der Waals surface area contributed by atoms with Gasteiger partial charge in [-0.15, -0.1) is 0 Å². The van der Waals surface area contributed by atoms with Crippen molar-refractivity contribution in [1.29, 1.82) is 5.26 Å². The third-order valence-corrected chi connectivity index (χ3v) is 5.04. The van der Waals surface area contributed by atoms with E-state index in [4.69, 9.17) is 15.2 Å². The SMILES string of the molecule is COCCOc1ccc(Cn2cc(-c3cccc(N)c3)c3cc(C#N)ccc32)cc1. The lowest BCUT2D eigenvalue weighted by atomic mass is 10.0. The van der Waals surface area contributed by atoms with E-state index in [2.05, 4.69) is 29.0 Å². The molecule has 2 N–H and O–H groups in total. The number of benzene rings is 3. The van der Waals surface area contributed by atoms with Crippen LogP contribution in [0, 0.1) is 11.3 Å². The van der Waals surface area contributed by atoms with E-state index in [1.807, 2.05) is 54.6 Å². The summed E-state index contributed by atoms with van der Waals surface area (Å²) in [6.07, 6.45) is 2.13. The average molecular weight is 397 g/mol. The van der Waals surface area contributed by atoms with Crippen molar-refractivity contribution in [1.82, 2.24) is 4.57 Å². The van der Waals surface area contributed by atoms with Crippen LogP contribution in [-0.4, -0.2) is 24.9 Å². The molecule has 0 amide bonds. The number of rotatable bonds is 7. The summed E-state index contributed by atoms with van der Waals surface area (Å²) in [5.74, 6) is 0.826. The lowest BCUT2D eigenvalue weighted by molar-refractivity contribution is 0.146. The first-order chi connectivity index (χ1) is 14.7. The number of methoxy groups -OCH3 is 1. The Bertz CT molecular complexity index is 1200. The number of nitrogens with two attached hydrogens (primary N) is 1. The predicted octanol–water partition coefficient (Wildman–Crippen LogP) is 4.84. The quantitative estimate of drug-likeness (QED) is 0.358. The molecule has 0 aliphatic rings. The van der Waals surface area contributed by atoms with Crippen molar-refractivity contribution in [3.8, 4) is 22.9 Å². The maximum Gasteiger partial charge on any atom is 0.119 e. The Balaban J connectivity index is 1.68. The Morgan fingerprint density at radius 3 is 2.57 bits per heavy atom. The predicted molar refractivity (Wildman–Crippen MR) is 119 cm³/mol. The van der Waals surface area contributed by atoms with Gasteiger partial charge < -0.3 is 19.8 Å². The van der Waals surface area contributed by atoms with E-state index in [9.17, 15) is 5.26 Å². The van der Waals surface area contributed by atoms with Crippen molar-refractivity contribution >= 4 is 16.6 Å². The summed E-state index contributed by atoms with van der Waals surface area (Å²) in [7, 11) is 1.66. The fourth-order valence-corrected chi connectivity index (χ4v) is 3.56. The van der Waals surface area contributed by atoms with Crippen LogP contribution < -0.4 is 10.5 Å². The van der Waals surface area contributed by atoms with Crippen molar-refractivity contribution in [2.45, 2.75) is 6.54 Å². The third-order valence-electron chi connectivity index (χ3n) is 5.04. The lowest BCUT2D eigenvalue weighted by Gasteiger charge is -2.08. The van der Waals surface area contributed by atoms with Crippen LogP contribution in [0.25, 0.3) is 22.0 Å². The molecule has 0 radical (unpaired) electrons. The van der Waals surface area contributed by atoms with Gasteiger partial charge in [0, 0.05) is 42.0 Å². The van der Waals surface area contributed by atoms with Gasteiger partial charge in [0.1, 0.15) is 12.4 Å². The molecular weight excluding hydrogens is 374 g/mol. The molecule has 0 spiro atoms. The first kappa shape index (κ1) is 19.6. The van der Waals surface area contributed by atoms with Crippen molar-refractivity contribution in [3.63, 3.8) is 0 Å². The maximum absolute atomic E-state index is 9.35. The molecule has 0 fully saturated rings. The number of aromatic nitrogens is 1. The molecule has 4 rings (SSSR count). The van der Waals surface area contributed by atoms with Crippen LogP contribution >= 0.6 is 0 Å². The molecule has 0 unspecified atom stereocenters. The number of ether oxygens (including phenoxy) is 2. The highest BCUT2D eigenvalue weighted by Gasteiger charge is 2.12. The van der Waals surface area contributed by atoms with Gasteiger partial charge in [0.05, 0.1) is 18.2 Å². The van der Waals surface area contributed by atoms with Gasteiger partial charge in [0.25, 0.3) is 0 Å². The number of hydrogen-bond acceptors (Lipinski definition) is 4. The van der Waals surface area contributed by atoms with Crippen LogP contribution in [0.2, 0.25) is 0 Å². The highest BCUT2D eigenvalue weighted by molar-refractivity contribution is 5.97. The first-order valence-electron chi connectivity index (χ1n) is 9.77. The molecule has 1 heterocycles. The van der Waals surface area contributed by atoms with Gasteiger partial charge in [-0.1, -0.05) is 24.3 Å². The minimum Gasteiger partial charge on any atom is -0.491 e. The lowest BCUT2D eigenvalue weighted by Crippen LogP contribution is -2.04. The standard InChI is InChI=1S/C25H23N3O2/c1-29-11-12-30-22-8-5-18(6-9-22)16-28-17-24(20-3-2-4-21(27)14-20)23-13-19(15-26)7-10-25(23)28/h2-10,13-14,17H,11-12,16,27H2,1H3. The van der Waals surface area contributed by atoms with Crippen molar-refractivity contribution in [2.24, 2.45) is 0 Å². The van der Waals surface area contributed by atoms with E-state index < -0.39 is 0 Å². The minimum atomic E-state index is 0.531. The Kier molecular flexibility index (Phi) is 5.69. The zero-order valence-electron chi connectivity index (χ0n) is 16.8. The van der Waals surface area contributed by atoms with Gasteiger partial charge in [0.15, 0.2) is 0 Å². The van der Waals surface area contributed by atoms with E-state index >= 15 is 0 Å². The zero-order chi connectivity index (χ0) is 20.9. The average Bonchev–Trinajstić information content (AvgIpc) is 3.12. The van der Waals surface area contributed by atoms with Gasteiger partial charge >= 0.3 is 0 Å². The van der Waals surface area contributed by atoms with Gasteiger partial charge in [-0.2, -0.15) is 5.26 Å². The number of nitrogen functional groups attached to an aromatic ring is 1. The normalized spacial score (nSPS) is 10.8. The molecular formula is C25H23N3O2. The highest BCUT2D eigenvalue weighted by Crippen LogP contribution is 2.33. The zero-order valence-corrected chi connectivity index (χ0v) is 16.8. The second-order valence-electron chi connectivity index (χ2n) is 7.13. The molecule has 0 bridgehead atoms. The third kappa shape index (κ3) is 4.14.